The van der Waals surface area contributed by atoms with Gasteiger partial charge >= 0.3 is 0 Å². The lowest BCUT2D eigenvalue weighted by Gasteiger charge is -2.39. The third-order valence-corrected chi connectivity index (χ3v) is 3.42. The molecule has 0 saturated heterocycles. The van der Waals surface area contributed by atoms with Crippen molar-refractivity contribution in [2.75, 3.05) is 13.2 Å². The molecule has 0 aromatic carbocycles. The highest BCUT2D eigenvalue weighted by molar-refractivity contribution is 4.84. The smallest absolute Gasteiger partial charge is 0.0486 e. The lowest BCUT2D eigenvalue weighted by atomic mass is 9.68. The standard InChI is InChI=1S/C10H20O2/c1-10(9(7-11)8-12)5-3-2-4-6-10/h9,11-12H,2-8H2,1H3. The Balaban J connectivity index is 2.53. The third kappa shape index (κ3) is 1.99. The first-order valence-corrected chi connectivity index (χ1v) is 4.94. The van der Waals surface area contributed by atoms with E-state index in [-0.39, 0.29) is 24.5 Å². The molecule has 0 amide bonds. The fourth-order valence-electron chi connectivity index (χ4n) is 2.27. The summed E-state index contributed by atoms with van der Waals surface area (Å²) in [6.45, 7) is 2.46. The molecule has 0 spiro atoms. The van der Waals surface area contributed by atoms with Gasteiger partial charge in [-0.2, -0.15) is 0 Å². The summed E-state index contributed by atoms with van der Waals surface area (Å²) < 4.78 is 0. The minimum atomic E-state index is 0.0952. The van der Waals surface area contributed by atoms with Crippen molar-refractivity contribution in [3.63, 3.8) is 0 Å². The maximum Gasteiger partial charge on any atom is 0.0486 e. The van der Waals surface area contributed by atoms with E-state index in [2.05, 4.69) is 6.92 Å². The van der Waals surface area contributed by atoms with E-state index in [4.69, 9.17) is 10.2 Å². The van der Waals surface area contributed by atoms with Crippen molar-refractivity contribution in [3.8, 4) is 0 Å². The fraction of sp³-hybridized carbons (Fsp3) is 1.00. The van der Waals surface area contributed by atoms with Crippen LogP contribution in [0.15, 0.2) is 0 Å². The van der Waals surface area contributed by atoms with E-state index in [1.165, 1.54) is 32.1 Å². The van der Waals surface area contributed by atoms with Gasteiger partial charge in [0.15, 0.2) is 0 Å². The predicted octanol–water partition coefficient (Wildman–Crippen LogP) is 1.56. The molecule has 0 atom stereocenters. The molecule has 0 aliphatic heterocycles. The first-order chi connectivity index (χ1) is 5.73. The maximum absolute atomic E-state index is 9.08. The van der Waals surface area contributed by atoms with Crippen LogP contribution in [0, 0.1) is 11.3 Å². The molecule has 72 valence electrons. The van der Waals surface area contributed by atoms with E-state index in [0.717, 1.165) is 0 Å². The summed E-state index contributed by atoms with van der Waals surface area (Å²) in [6, 6.07) is 0. The van der Waals surface area contributed by atoms with Crippen LogP contribution in [0.5, 0.6) is 0 Å². The Bertz CT molecular complexity index is 124. The SMILES string of the molecule is CC1(C(CO)CO)CCCCC1. The van der Waals surface area contributed by atoms with Crippen molar-refractivity contribution < 1.29 is 10.2 Å². The van der Waals surface area contributed by atoms with Crippen LogP contribution in [0.25, 0.3) is 0 Å². The zero-order valence-electron chi connectivity index (χ0n) is 7.92. The molecule has 1 rings (SSSR count). The normalized spacial score (nSPS) is 23.0. The Kier molecular flexibility index (Phi) is 3.53. The number of aliphatic hydroxyl groups is 2. The summed E-state index contributed by atoms with van der Waals surface area (Å²) >= 11 is 0. The highest BCUT2D eigenvalue weighted by Gasteiger charge is 2.34. The number of rotatable bonds is 3. The van der Waals surface area contributed by atoms with Crippen LogP contribution < -0.4 is 0 Å². The molecular weight excluding hydrogens is 152 g/mol. The van der Waals surface area contributed by atoms with Gasteiger partial charge in [-0.15, -0.1) is 0 Å². The zero-order chi connectivity index (χ0) is 9.03. The molecule has 2 heteroatoms. The van der Waals surface area contributed by atoms with Gasteiger partial charge < -0.3 is 10.2 Å². The molecule has 0 heterocycles. The van der Waals surface area contributed by atoms with Crippen LogP contribution >= 0.6 is 0 Å². The molecule has 0 bridgehead atoms. The average molecular weight is 172 g/mol. The second kappa shape index (κ2) is 4.24. The summed E-state index contributed by atoms with van der Waals surface area (Å²) in [6.07, 6.45) is 6.16. The molecule has 12 heavy (non-hydrogen) atoms. The number of aliphatic hydroxyl groups excluding tert-OH is 2. The van der Waals surface area contributed by atoms with Gasteiger partial charge in [-0.25, -0.2) is 0 Å². The van der Waals surface area contributed by atoms with Gasteiger partial charge in [0.05, 0.1) is 0 Å². The van der Waals surface area contributed by atoms with Gasteiger partial charge in [0.2, 0.25) is 0 Å². The van der Waals surface area contributed by atoms with Crippen molar-refractivity contribution >= 4 is 0 Å². The van der Waals surface area contributed by atoms with E-state index in [9.17, 15) is 0 Å². The predicted molar refractivity (Wildman–Crippen MR) is 48.9 cm³/mol. The van der Waals surface area contributed by atoms with Crippen LogP contribution in [-0.2, 0) is 0 Å². The summed E-state index contributed by atoms with van der Waals surface area (Å²) in [7, 11) is 0. The zero-order valence-corrected chi connectivity index (χ0v) is 7.92. The van der Waals surface area contributed by atoms with Gasteiger partial charge in [0, 0.05) is 19.1 Å². The van der Waals surface area contributed by atoms with Crippen LogP contribution in [0.3, 0.4) is 0 Å². The lowest BCUT2D eigenvalue weighted by molar-refractivity contribution is 0.0246. The van der Waals surface area contributed by atoms with E-state index in [1.54, 1.807) is 0 Å². The Morgan fingerprint density at radius 2 is 1.58 bits per heavy atom. The van der Waals surface area contributed by atoms with Crippen molar-refractivity contribution in [1.29, 1.82) is 0 Å². The molecule has 1 aliphatic carbocycles. The topological polar surface area (TPSA) is 40.5 Å². The molecule has 2 N–H and O–H groups in total. The number of hydrogen-bond donors (Lipinski definition) is 2. The molecule has 2 nitrogen and oxygen atoms in total. The highest BCUT2D eigenvalue weighted by atomic mass is 16.3. The third-order valence-electron chi connectivity index (χ3n) is 3.42. The first kappa shape index (κ1) is 10.0. The van der Waals surface area contributed by atoms with E-state index >= 15 is 0 Å². The molecule has 0 unspecified atom stereocenters. The van der Waals surface area contributed by atoms with Crippen LogP contribution in [0.4, 0.5) is 0 Å². The summed E-state index contributed by atoms with van der Waals surface area (Å²) in [5.41, 5.74) is 0.196. The molecule has 0 aromatic heterocycles. The summed E-state index contributed by atoms with van der Waals surface area (Å²) in [5, 5.41) is 18.2. The Morgan fingerprint density at radius 3 is 2.00 bits per heavy atom. The average Bonchev–Trinajstić information content (AvgIpc) is 2.07. The minimum absolute atomic E-state index is 0.0952. The molecule has 0 radical (unpaired) electrons. The second-order valence-corrected chi connectivity index (χ2v) is 4.28. The Labute approximate surface area is 74.6 Å². The van der Waals surface area contributed by atoms with Gasteiger partial charge in [-0.05, 0) is 18.3 Å². The van der Waals surface area contributed by atoms with Gasteiger partial charge in [-0.1, -0.05) is 26.2 Å². The van der Waals surface area contributed by atoms with E-state index in [0.29, 0.717) is 0 Å². The molecule has 1 fully saturated rings. The Morgan fingerprint density at radius 1 is 1.08 bits per heavy atom. The molecular formula is C10H20O2. The van der Waals surface area contributed by atoms with Gasteiger partial charge in [0.25, 0.3) is 0 Å². The largest absolute Gasteiger partial charge is 0.396 e. The second-order valence-electron chi connectivity index (χ2n) is 4.28. The Hall–Kier alpha value is -0.0800. The van der Waals surface area contributed by atoms with Crippen molar-refractivity contribution in [2.45, 2.75) is 39.0 Å². The first-order valence-electron chi connectivity index (χ1n) is 4.94. The lowest BCUT2D eigenvalue weighted by Crippen LogP contribution is -2.34. The molecule has 0 aromatic rings. The molecule has 1 aliphatic rings. The van der Waals surface area contributed by atoms with Crippen LogP contribution in [-0.4, -0.2) is 23.4 Å². The molecule has 1 saturated carbocycles. The summed E-state index contributed by atoms with van der Waals surface area (Å²) in [5.74, 6) is 0.0952. The minimum Gasteiger partial charge on any atom is -0.396 e. The van der Waals surface area contributed by atoms with E-state index < -0.39 is 0 Å². The fourth-order valence-corrected chi connectivity index (χ4v) is 2.27. The quantitative estimate of drug-likeness (QED) is 0.678. The van der Waals surface area contributed by atoms with Gasteiger partial charge in [0.1, 0.15) is 0 Å². The van der Waals surface area contributed by atoms with Crippen molar-refractivity contribution in [1.82, 2.24) is 0 Å². The van der Waals surface area contributed by atoms with Crippen LogP contribution in [0.2, 0.25) is 0 Å². The summed E-state index contributed by atoms with van der Waals surface area (Å²) in [4.78, 5) is 0. The van der Waals surface area contributed by atoms with Crippen molar-refractivity contribution in [3.05, 3.63) is 0 Å². The van der Waals surface area contributed by atoms with Crippen molar-refractivity contribution in [2.24, 2.45) is 11.3 Å². The van der Waals surface area contributed by atoms with Gasteiger partial charge in [-0.3, -0.25) is 0 Å². The number of hydrogen-bond acceptors (Lipinski definition) is 2. The monoisotopic (exact) mass is 172 g/mol. The maximum atomic E-state index is 9.08. The van der Waals surface area contributed by atoms with Crippen LogP contribution in [0.1, 0.15) is 39.0 Å². The van der Waals surface area contributed by atoms with E-state index in [1.807, 2.05) is 0 Å². The highest BCUT2D eigenvalue weighted by Crippen LogP contribution is 2.41.